The number of hydrogen-bond donors (Lipinski definition) is 1. The first-order valence-corrected chi connectivity index (χ1v) is 7.21. The fourth-order valence-corrected chi connectivity index (χ4v) is 2.75. The van der Waals surface area contributed by atoms with E-state index in [0.29, 0.717) is 31.9 Å². The molecule has 7 heteroatoms. The first kappa shape index (κ1) is 14.9. The van der Waals surface area contributed by atoms with Crippen LogP contribution >= 0.6 is 0 Å². The molecule has 6 nitrogen and oxygen atoms in total. The minimum absolute atomic E-state index is 0.241. The standard InChI is InChI=1S/C15H18FN3O3/c1-15(11-2-4-12(16)5-3-11)13(20)19(14(21)17-15)10-18-6-8-22-9-7-18/h2-5H,6-10H2,1H3,(H,17,21). The molecule has 2 fully saturated rings. The van der Waals surface area contributed by atoms with E-state index in [4.69, 9.17) is 4.74 Å². The number of rotatable bonds is 3. The van der Waals surface area contributed by atoms with E-state index < -0.39 is 11.6 Å². The van der Waals surface area contributed by atoms with Crippen LogP contribution in [-0.2, 0) is 15.1 Å². The molecule has 0 aromatic heterocycles. The summed E-state index contributed by atoms with van der Waals surface area (Å²) in [6, 6.07) is 5.18. The predicted molar refractivity (Wildman–Crippen MR) is 76.4 cm³/mol. The van der Waals surface area contributed by atoms with Gasteiger partial charge in [0.15, 0.2) is 0 Å². The van der Waals surface area contributed by atoms with Gasteiger partial charge in [-0.25, -0.2) is 14.1 Å². The zero-order valence-electron chi connectivity index (χ0n) is 12.3. The van der Waals surface area contributed by atoms with E-state index in [9.17, 15) is 14.0 Å². The molecule has 1 aromatic carbocycles. The summed E-state index contributed by atoms with van der Waals surface area (Å²) in [5.74, 6) is -0.704. The molecule has 1 aromatic rings. The summed E-state index contributed by atoms with van der Waals surface area (Å²) in [4.78, 5) is 28.1. The number of halogens is 1. The lowest BCUT2D eigenvalue weighted by Crippen LogP contribution is -2.47. The number of amides is 3. The summed E-state index contributed by atoms with van der Waals surface area (Å²) in [6.07, 6.45) is 0. The third kappa shape index (κ3) is 2.57. The third-order valence-corrected chi connectivity index (χ3v) is 4.14. The second kappa shape index (κ2) is 5.66. The van der Waals surface area contributed by atoms with Gasteiger partial charge in [0, 0.05) is 13.1 Å². The Balaban J connectivity index is 1.79. The van der Waals surface area contributed by atoms with Crippen LogP contribution in [0.25, 0.3) is 0 Å². The number of nitrogens with zero attached hydrogens (tertiary/aromatic N) is 2. The molecule has 0 radical (unpaired) electrons. The van der Waals surface area contributed by atoms with Gasteiger partial charge in [0.1, 0.15) is 11.4 Å². The van der Waals surface area contributed by atoms with Crippen molar-refractivity contribution in [1.82, 2.24) is 15.1 Å². The Bertz CT molecular complexity index is 586. The lowest BCUT2D eigenvalue weighted by molar-refractivity contribution is -0.133. The van der Waals surface area contributed by atoms with E-state index in [1.807, 2.05) is 4.90 Å². The molecule has 1 unspecified atom stereocenters. The van der Waals surface area contributed by atoms with E-state index in [1.54, 1.807) is 6.92 Å². The maximum absolute atomic E-state index is 13.1. The maximum Gasteiger partial charge on any atom is 0.326 e. The van der Waals surface area contributed by atoms with Crippen LogP contribution in [0.4, 0.5) is 9.18 Å². The smallest absolute Gasteiger partial charge is 0.326 e. The van der Waals surface area contributed by atoms with Crippen LogP contribution in [0.15, 0.2) is 24.3 Å². The van der Waals surface area contributed by atoms with Gasteiger partial charge in [0.25, 0.3) is 5.91 Å². The Kier molecular flexibility index (Phi) is 3.84. The van der Waals surface area contributed by atoms with E-state index in [-0.39, 0.29) is 18.4 Å². The van der Waals surface area contributed by atoms with Gasteiger partial charge in [-0.2, -0.15) is 0 Å². The van der Waals surface area contributed by atoms with Gasteiger partial charge in [0.2, 0.25) is 0 Å². The molecule has 0 saturated carbocycles. The quantitative estimate of drug-likeness (QED) is 0.842. The van der Waals surface area contributed by atoms with Crippen molar-refractivity contribution in [2.75, 3.05) is 33.0 Å². The molecule has 0 aliphatic carbocycles. The molecule has 3 amide bonds. The molecule has 2 saturated heterocycles. The number of ether oxygens (including phenoxy) is 1. The Morgan fingerprint density at radius 2 is 1.86 bits per heavy atom. The van der Waals surface area contributed by atoms with Crippen LogP contribution in [-0.4, -0.2) is 54.7 Å². The minimum atomic E-state index is -1.16. The van der Waals surface area contributed by atoms with Crippen molar-refractivity contribution >= 4 is 11.9 Å². The van der Waals surface area contributed by atoms with Crippen molar-refractivity contribution in [2.24, 2.45) is 0 Å². The van der Waals surface area contributed by atoms with Crippen LogP contribution in [0.3, 0.4) is 0 Å². The average molecular weight is 307 g/mol. The zero-order valence-corrected chi connectivity index (χ0v) is 12.3. The average Bonchev–Trinajstić information content (AvgIpc) is 2.73. The Morgan fingerprint density at radius 1 is 1.23 bits per heavy atom. The van der Waals surface area contributed by atoms with Crippen molar-refractivity contribution in [3.8, 4) is 0 Å². The van der Waals surface area contributed by atoms with Crippen molar-refractivity contribution in [3.05, 3.63) is 35.6 Å². The summed E-state index contributed by atoms with van der Waals surface area (Å²) >= 11 is 0. The fraction of sp³-hybridized carbons (Fsp3) is 0.467. The highest BCUT2D eigenvalue weighted by Crippen LogP contribution is 2.29. The Hall–Kier alpha value is -1.99. The molecule has 2 heterocycles. The molecule has 0 spiro atoms. The van der Waals surface area contributed by atoms with E-state index in [1.165, 1.54) is 29.2 Å². The second-order valence-corrected chi connectivity index (χ2v) is 5.67. The van der Waals surface area contributed by atoms with Gasteiger partial charge in [0.05, 0.1) is 19.9 Å². The molecular formula is C15H18FN3O3. The summed E-state index contributed by atoms with van der Waals surface area (Å²) in [7, 11) is 0. The number of carbonyl (C=O) groups excluding carboxylic acids is 2. The van der Waals surface area contributed by atoms with E-state index >= 15 is 0 Å². The number of nitrogens with one attached hydrogen (secondary N) is 1. The molecule has 2 aliphatic heterocycles. The number of urea groups is 1. The van der Waals surface area contributed by atoms with Gasteiger partial charge >= 0.3 is 6.03 Å². The summed E-state index contributed by atoms with van der Waals surface area (Å²) in [6.45, 7) is 4.44. The predicted octanol–water partition coefficient (Wildman–Crippen LogP) is 0.882. The normalized spacial score (nSPS) is 26.4. The number of benzene rings is 1. The topological polar surface area (TPSA) is 61.9 Å². The number of morpholine rings is 1. The molecule has 1 N–H and O–H groups in total. The highest BCUT2D eigenvalue weighted by molar-refractivity contribution is 6.07. The Morgan fingerprint density at radius 3 is 2.50 bits per heavy atom. The van der Waals surface area contributed by atoms with Crippen molar-refractivity contribution in [3.63, 3.8) is 0 Å². The fourth-order valence-electron chi connectivity index (χ4n) is 2.75. The van der Waals surface area contributed by atoms with Crippen molar-refractivity contribution < 1.29 is 18.7 Å². The molecule has 3 rings (SSSR count). The third-order valence-electron chi connectivity index (χ3n) is 4.14. The van der Waals surface area contributed by atoms with Crippen molar-refractivity contribution in [2.45, 2.75) is 12.5 Å². The van der Waals surface area contributed by atoms with Gasteiger partial charge in [-0.1, -0.05) is 12.1 Å². The molecule has 1 atom stereocenters. The van der Waals surface area contributed by atoms with Gasteiger partial charge in [-0.3, -0.25) is 9.69 Å². The van der Waals surface area contributed by atoms with Crippen LogP contribution in [0.2, 0.25) is 0 Å². The number of hydrogen-bond acceptors (Lipinski definition) is 4. The second-order valence-electron chi connectivity index (χ2n) is 5.67. The van der Waals surface area contributed by atoms with Crippen LogP contribution in [0.5, 0.6) is 0 Å². The lowest BCUT2D eigenvalue weighted by Gasteiger charge is -2.30. The van der Waals surface area contributed by atoms with Crippen LogP contribution in [0.1, 0.15) is 12.5 Å². The number of imide groups is 1. The highest BCUT2D eigenvalue weighted by Gasteiger charge is 2.49. The van der Waals surface area contributed by atoms with E-state index in [2.05, 4.69) is 5.32 Å². The molecule has 22 heavy (non-hydrogen) atoms. The van der Waals surface area contributed by atoms with Crippen LogP contribution in [0, 0.1) is 5.82 Å². The van der Waals surface area contributed by atoms with Gasteiger partial charge in [-0.15, -0.1) is 0 Å². The first-order chi connectivity index (χ1) is 10.5. The highest BCUT2D eigenvalue weighted by atomic mass is 19.1. The van der Waals surface area contributed by atoms with Gasteiger partial charge < -0.3 is 10.1 Å². The molecular weight excluding hydrogens is 289 g/mol. The Labute approximate surface area is 127 Å². The monoisotopic (exact) mass is 307 g/mol. The van der Waals surface area contributed by atoms with Gasteiger partial charge in [-0.05, 0) is 24.6 Å². The number of carbonyl (C=O) groups is 2. The minimum Gasteiger partial charge on any atom is -0.379 e. The summed E-state index contributed by atoms with van der Waals surface area (Å²) < 4.78 is 18.3. The van der Waals surface area contributed by atoms with Crippen molar-refractivity contribution in [1.29, 1.82) is 0 Å². The SMILES string of the molecule is CC1(c2ccc(F)cc2)NC(=O)N(CN2CCOCC2)C1=O. The molecule has 0 bridgehead atoms. The van der Waals surface area contributed by atoms with Crippen LogP contribution < -0.4 is 5.32 Å². The summed E-state index contributed by atoms with van der Waals surface area (Å²) in [5.41, 5.74) is -0.589. The zero-order chi connectivity index (χ0) is 15.7. The lowest BCUT2D eigenvalue weighted by atomic mass is 9.92. The molecule has 118 valence electrons. The van der Waals surface area contributed by atoms with E-state index in [0.717, 1.165) is 0 Å². The molecule has 2 aliphatic rings. The summed E-state index contributed by atoms with van der Waals surface area (Å²) in [5, 5.41) is 2.71. The first-order valence-electron chi connectivity index (χ1n) is 7.21. The largest absolute Gasteiger partial charge is 0.379 e. The maximum atomic E-state index is 13.1.